The minimum absolute atomic E-state index is 0.199. The quantitative estimate of drug-likeness (QED) is 0.901. The van der Waals surface area contributed by atoms with E-state index in [1.807, 2.05) is 26.8 Å². The fraction of sp³-hybridized carbons (Fsp3) is 0.529. The van der Waals surface area contributed by atoms with E-state index in [9.17, 15) is 4.79 Å². The summed E-state index contributed by atoms with van der Waals surface area (Å²) >= 11 is 0. The van der Waals surface area contributed by atoms with Crippen molar-refractivity contribution < 1.29 is 9.32 Å². The number of nitrogens with zero attached hydrogens (tertiary/aromatic N) is 4. The summed E-state index contributed by atoms with van der Waals surface area (Å²) in [6, 6.07) is 2.22. The molecule has 0 aliphatic carbocycles. The number of carbonyl (C=O) groups excluding carboxylic acids is 1. The third-order valence-electron chi connectivity index (χ3n) is 4.50. The van der Waals surface area contributed by atoms with Gasteiger partial charge < -0.3 is 10.3 Å². The second kappa shape index (κ2) is 6.68. The molecule has 3 rings (SSSR count). The molecule has 2 N–H and O–H groups in total. The summed E-state index contributed by atoms with van der Waals surface area (Å²) in [7, 11) is 0. The number of hydrogen-bond donors (Lipinski definition) is 1. The van der Waals surface area contributed by atoms with Crippen LogP contribution in [0.25, 0.3) is 11.3 Å². The van der Waals surface area contributed by atoms with Crippen molar-refractivity contribution in [1.29, 1.82) is 0 Å². The Labute approximate surface area is 141 Å². The molecule has 1 aliphatic rings. The number of likely N-dealkylation sites (tertiary alicyclic amines) is 1. The highest BCUT2D eigenvalue weighted by Crippen LogP contribution is 2.33. The van der Waals surface area contributed by atoms with Crippen LogP contribution in [0.2, 0.25) is 0 Å². The van der Waals surface area contributed by atoms with Gasteiger partial charge in [0, 0.05) is 13.0 Å². The number of carbonyl (C=O) groups is 1. The number of aromatic nitrogens is 3. The van der Waals surface area contributed by atoms with Crippen LogP contribution in [0.4, 0.5) is 0 Å². The van der Waals surface area contributed by atoms with Crippen LogP contribution in [0.3, 0.4) is 0 Å². The average Bonchev–Trinajstić information content (AvgIpc) is 3.11. The fourth-order valence-corrected chi connectivity index (χ4v) is 3.42. The van der Waals surface area contributed by atoms with Crippen LogP contribution in [0, 0.1) is 20.8 Å². The Morgan fingerprint density at radius 2 is 2.17 bits per heavy atom. The van der Waals surface area contributed by atoms with Gasteiger partial charge in [-0.1, -0.05) is 5.16 Å². The van der Waals surface area contributed by atoms with Crippen molar-refractivity contribution in [1.82, 2.24) is 20.0 Å². The summed E-state index contributed by atoms with van der Waals surface area (Å²) < 4.78 is 5.27. The first-order valence-electron chi connectivity index (χ1n) is 8.27. The largest absolute Gasteiger partial charge is 0.370 e. The topological polar surface area (TPSA) is 98.1 Å². The molecule has 7 heteroatoms. The zero-order chi connectivity index (χ0) is 17.3. The lowest BCUT2D eigenvalue weighted by Crippen LogP contribution is -2.28. The van der Waals surface area contributed by atoms with Gasteiger partial charge >= 0.3 is 0 Å². The average molecular weight is 329 g/mol. The molecule has 24 heavy (non-hydrogen) atoms. The number of hydrogen-bond acceptors (Lipinski definition) is 6. The van der Waals surface area contributed by atoms with Gasteiger partial charge in [0.25, 0.3) is 0 Å². The summed E-state index contributed by atoms with van der Waals surface area (Å²) in [5, 5.41) is 4.02. The van der Waals surface area contributed by atoms with Crippen molar-refractivity contribution in [3.63, 3.8) is 0 Å². The lowest BCUT2D eigenvalue weighted by Gasteiger charge is -2.24. The monoisotopic (exact) mass is 329 g/mol. The predicted octanol–water partition coefficient (Wildman–Crippen LogP) is 2.07. The molecule has 1 unspecified atom stereocenters. The molecular weight excluding hydrogens is 306 g/mol. The molecule has 3 heterocycles. The molecule has 1 atom stereocenters. The summed E-state index contributed by atoms with van der Waals surface area (Å²) in [6.07, 6.45) is 2.49. The number of rotatable bonds is 5. The highest BCUT2D eigenvalue weighted by molar-refractivity contribution is 5.73. The van der Waals surface area contributed by atoms with Crippen LogP contribution in [0.1, 0.15) is 48.3 Å². The normalized spacial score (nSPS) is 18.2. The van der Waals surface area contributed by atoms with E-state index >= 15 is 0 Å². The highest BCUT2D eigenvalue weighted by atomic mass is 16.5. The third kappa shape index (κ3) is 3.31. The highest BCUT2D eigenvalue weighted by Gasteiger charge is 2.28. The van der Waals surface area contributed by atoms with E-state index in [-0.39, 0.29) is 11.9 Å². The van der Waals surface area contributed by atoms with E-state index in [0.29, 0.717) is 13.0 Å². The SMILES string of the molecule is Cc1nc(-c2c(C)noc2C)cc(C2CCCN2CCC(N)=O)n1. The molecule has 1 saturated heterocycles. The molecule has 0 aromatic carbocycles. The van der Waals surface area contributed by atoms with E-state index in [1.165, 1.54) is 0 Å². The second-order valence-electron chi connectivity index (χ2n) is 6.33. The smallest absolute Gasteiger partial charge is 0.218 e. The minimum Gasteiger partial charge on any atom is -0.370 e. The lowest BCUT2D eigenvalue weighted by molar-refractivity contribution is -0.118. The number of nitrogens with two attached hydrogens (primary N) is 1. The number of aryl methyl sites for hydroxylation is 3. The van der Waals surface area contributed by atoms with E-state index in [1.54, 1.807) is 0 Å². The van der Waals surface area contributed by atoms with E-state index < -0.39 is 0 Å². The van der Waals surface area contributed by atoms with Gasteiger partial charge in [-0.3, -0.25) is 9.69 Å². The molecule has 128 valence electrons. The van der Waals surface area contributed by atoms with Crippen LogP contribution in [0.5, 0.6) is 0 Å². The van der Waals surface area contributed by atoms with Crippen LogP contribution >= 0.6 is 0 Å². The van der Waals surface area contributed by atoms with Crippen molar-refractivity contribution in [2.75, 3.05) is 13.1 Å². The van der Waals surface area contributed by atoms with E-state index in [0.717, 1.165) is 53.6 Å². The standard InChI is InChI=1S/C17H23N5O2/c1-10-17(11(2)24-21-10)14-9-13(19-12(3)20-14)15-5-4-7-22(15)8-6-16(18)23/h9,15H,4-8H2,1-3H3,(H2,18,23). The van der Waals surface area contributed by atoms with Crippen LogP contribution in [0.15, 0.2) is 10.6 Å². The fourth-order valence-electron chi connectivity index (χ4n) is 3.42. The van der Waals surface area contributed by atoms with Crippen molar-refractivity contribution in [2.45, 2.75) is 46.1 Å². The summed E-state index contributed by atoms with van der Waals surface area (Å²) in [6.45, 7) is 7.33. The molecule has 2 aromatic rings. The van der Waals surface area contributed by atoms with Gasteiger partial charge in [0.05, 0.1) is 28.7 Å². The first kappa shape index (κ1) is 16.6. The molecule has 1 fully saturated rings. The minimum atomic E-state index is -0.268. The zero-order valence-electron chi connectivity index (χ0n) is 14.4. The summed E-state index contributed by atoms with van der Waals surface area (Å²) in [5.74, 6) is 1.22. The first-order valence-corrected chi connectivity index (χ1v) is 8.27. The Balaban J connectivity index is 1.92. The van der Waals surface area contributed by atoms with Gasteiger partial charge in [0.2, 0.25) is 5.91 Å². The zero-order valence-corrected chi connectivity index (χ0v) is 14.4. The molecule has 0 bridgehead atoms. The number of primary amides is 1. The molecule has 0 radical (unpaired) electrons. The van der Waals surface area contributed by atoms with E-state index in [4.69, 9.17) is 10.3 Å². The number of amides is 1. The van der Waals surface area contributed by atoms with Crippen LogP contribution < -0.4 is 5.73 Å². The van der Waals surface area contributed by atoms with Crippen molar-refractivity contribution in [3.8, 4) is 11.3 Å². The Morgan fingerprint density at radius 1 is 1.38 bits per heavy atom. The maximum Gasteiger partial charge on any atom is 0.218 e. The van der Waals surface area contributed by atoms with Gasteiger partial charge in [0.15, 0.2) is 0 Å². The van der Waals surface area contributed by atoms with Gasteiger partial charge in [-0.05, 0) is 46.2 Å². The molecule has 0 saturated carbocycles. The Kier molecular flexibility index (Phi) is 4.62. The maximum absolute atomic E-state index is 11.1. The van der Waals surface area contributed by atoms with Crippen LogP contribution in [-0.2, 0) is 4.79 Å². The molecule has 2 aromatic heterocycles. The Hall–Kier alpha value is -2.28. The molecular formula is C17H23N5O2. The van der Waals surface area contributed by atoms with Crippen LogP contribution in [-0.4, -0.2) is 39.0 Å². The third-order valence-corrected chi connectivity index (χ3v) is 4.50. The predicted molar refractivity (Wildman–Crippen MR) is 89.1 cm³/mol. The Morgan fingerprint density at radius 3 is 2.83 bits per heavy atom. The Bertz CT molecular complexity index is 736. The van der Waals surface area contributed by atoms with Gasteiger partial charge in [-0.2, -0.15) is 0 Å². The van der Waals surface area contributed by atoms with Crippen molar-refractivity contribution >= 4 is 5.91 Å². The summed E-state index contributed by atoms with van der Waals surface area (Å²) in [4.78, 5) is 22.6. The summed E-state index contributed by atoms with van der Waals surface area (Å²) in [5.41, 5.74) is 8.88. The molecule has 0 spiro atoms. The van der Waals surface area contributed by atoms with Gasteiger partial charge in [0.1, 0.15) is 11.6 Å². The van der Waals surface area contributed by atoms with Gasteiger partial charge in [-0.15, -0.1) is 0 Å². The van der Waals surface area contributed by atoms with Crippen molar-refractivity contribution in [2.24, 2.45) is 5.73 Å². The molecule has 7 nitrogen and oxygen atoms in total. The maximum atomic E-state index is 11.1. The lowest BCUT2D eigenvalue weighted by atomic mass is 10.1. The van der Waals surface area contributed by atoms with Gasteiger partial charge in [-0.25, -0.2) is 9.97 Å². The molecule has 1 amide bonds. The second-order valence-corrected chi connectivity index (χ2v) is 6.33. The molecule has 1 aliphatic heterocycles. The van der Waals surface area contributed by atoms with Crippen molar-refractivity contribution in [3.05, 3.63) is 29.0 Å². The van der Waals surface area contributed by atoms with E-state index in [2.05, 4.69) is 20.0 Å². The first-order chi connectivity index (χ1) is 11.5.